The molecule has 0 atom stereocenters. The third-order valence-corrected chi connectivity index (χ3v) is 3.93. The van der Waals surface area contributed by atoms with Crippen LogP contribution in [-0.4, -0.2) is 30.8 Å². The summed E-state index contributed by atoms with van der Waals surface area (Å²) in [5, 5.41) is 12.5. The number of alkyl halides is 3. The van der Waals surface area contributed by atoms with Crippen molar-refractivity contribution in [3.8, 4) is 5.75 Å². The number of nitrogens with one attached hydrogen (secondary N) is 1. The van der Waals surface area contributed by atoms with E-state index in [4.69, 9.17) is 4.74 Å². The Kier molecular flexibility index (Phi) is 6.63. The van der Waals surface area contributed by atoms with E-state index >= 15 is 0 Å². The second-order valence-corrected chi connectivity index (χ2v) is 5.74. The van der Waals surface area contributed by atoms with E-state index < -0.39 is 23.5 Å². The first-order valence-corrected chi connectivity index (χ1v) is 8.12. The summed E-state index contributed by atoms with van der Waals surface area (Å²) in [6.07, 6.45) is -4.23. The van der Waals surface area contributed by atoms with Crippen LogP contribution in [0.5, 0.6) is 5.75 Å². The third-order valence-electron chi connectivity index (χ3n) is 3.93. The highest BCUT2D eigenvalue weighted by Gasteiger charge is 2.36. The number of carbonyl (C=O) groups excluding carboxylic acids is 1. The molecule has 0 saturated carbocycles. The first kappa shape index (κ1) is 19.8. The van der Waals surface area contributed by atoms with Crippen LogP contribution in [0.15, 0.2) is 42.5 Å². The highest BCUT2D eigenvalue weighted by molar-refractivity contribution is 5.89. The largest absolute Gasteiger partial charge is 0.507 e. The zero-order valence-electron chi connectivity index (χ0n) is 14.3. The van der Waals surface area contributed by atoms with E-state index in [0.717, 1.165) is 6.07 Å². The molecule has 0 aliphatic rings. The lowest BCUT2D eigenvalue weighted by molar-refractivity contribution is -0.139. The Bertz CT molecular complexity index is 746. The van der Waals surface area contributed by atoms with E-state index in [1.165, 1.54) is 13.0 Å². The van der Waals surface area contributed by atoms with Gasteiger partial charge in [0.05, 0.1) is 5.56 Å². The number of benzene rings is 2. The summed E-state index contributed by atoms with van der Waals surface area (Å²) in [6, 6.07) is 11.1. The molecular formula is C19H20F3NO3. The molecule has 0 unspecified atom stereocenters. The van der Waals surface area contributed by atoms with E-state index in [9.17, 15) is 23.1 Å². The van der Waals surface area contributed by atoms with Gasteiger partial charge in [-0.15, -0.1) is 0 Å². The number of aromatic hydroxyl groups is 1. The van der Waals surface area contributed by atoms with Crippen molar-refractivity contribution < 1.29 is 27.8 Å². The number of carbonyl (C=O) groups is 1. The zero-order valence-corrected chi connectivity index (χ0v) is 14.3. The van der Waals surface area contributed by atoms with Crippen molar-refractivity contribution in [2.75, 3.05) is 19.7 Å². The molecule has 0 radical (unpaired) electrons. The lowest BCUT2D eigenvalue weighted by Gasteiger charge is -2.16. The second-order valence-electron chi connectivity index (χ2n) is 5.74. The van der Waals surface area contributed by atoms with Crippen LogP contribution in [0.1, 0.15) is 27.0 Å². The minimum Gasteiger partial charge on any atom is -0.507 e. The normalized spacial score (nSPS) is 11.4. The maximum atomic E-state index is 13.0. The molecule has 140 valence electrons. The number of hydrogen-bond donors (Lipinski definition) is 2. The fraction of sp³-hybridized carbons (Fsp3) is 0.316. The third kappa shape index (κ3) is 5.23. The predicted molar refractivity (Wildman–Crippen MR) is 91.1 cm³/mol. The van der Waals surface area contributed by atoms with Crippen molar-refractivity contribution in [1.29, 1.82) is 0 Å². The monoisotopic (exact) mass is 367 g/mol. The summed E-state index contributed by atoms with van der Waals surface area (Å²) in [4.78, 5) is 11.7. The van der Waals surface area contributed by atoms with Gasteiger partial charge in [0.2, 0.25) is 0 Å². The Labute approximate surface area is 149 Å². The molecule has 7 heteroatoms. The fourth-order valence-corrected chi connectivity index (χ4v) is 2.59. The van der Waals surface area contributed by atoms with Crippen LogP contribution < -0.4 is 5.32 Å². The van der Waals surface area contributed by atoms with Crippen LogP contribution >= 0.6 is 0 Å². The quantitative estimate of drug-likeness (QED) is 0.579. The number of ether oxygens (including phenoxy) is 1. The minimum atomic E-state index is -4.59. The maximum absolute atomic E-state index is 13.0. The van der Waals surface area contributed by atoms with Gasteiger partial charge < -0.3 is 15.2 Å². The average Bonchev–Trinajstić information content (AvgIpc) is 2.59. The number of phenolic OH excluding ortho intramolecular Hbond substituents is 1. The van der Waals surface area contributed by atoms with E-state index in [1.807, 2.05) is 0 Å². The molecule has 0 bridgehead atoms. The van der Waals surface area contributed by atoms with E-state index in [2.05, 4.69) is 5.32 Å². The maximum Gasteiger partial charge on any atom is 0.420 e. The molecular weight excluding hydrogens is 347 g/mol. The average molecular weight is 367 g/mol. The molecule has 2 N–H and O–H groups in total. The highest BCUT2D eigenvalue weighted by atomic mass is 19.4. The Morgan fingerprint density at radius 1 is 1.12 bits per heavy atom. The molecule has 0 saturated heterocycles. The smallest absolute Gasteiger partial charge is 0.420 e. The number of hydrogen-bond acceptors (Lipinski definition) is 4. The van der Waals surface area contributed by atoms with Crippen LogP contribution in [0.3, 0.4) is 0 Å². The Morgan fingerprint density at radius 2 is 1.81 bits per heavy atom. The first-order chi connectivity index (χ1) is 12.3. The van der Waals surface area contributed by atoms with Crippen molar-refractivity contribution >= 4 is 5.97 Å². The van der Waals surface area contributed by atoms with Crippen LogP contribution in [0, 0.1) is 6.92 Å². The Hall–Kier alpha value is -2.54. The van der Waals surface area contributed by atoms with Crippen LogP contribution in [-0.2, 0) is 17.3 Å². The molecule has 0 aliphatic carbocycles. The van der Waals surface area contributed by atoms with Gasteiger partial charge in [-0.1, -0.05) is 24.3 Å². The second kappa shape index (κ2) is 8.71. The van der Waals surface area contributed by atoms with Crippen LogP contribution in [0.25, 0.3) is 0 Å². The van der Waals surface area contributed by atoms with Gasteiger partial charge >= 0.3 is 12.1 Å². The molecule has 0 fully saturated rings. The van der Waals surface area contributed by atoms with Gasteiger partial charge in [-0.05, 0) is 49.2 Å². The lowest BCUT2D eigenvalue weighted by atomic mass is 9.98. The molecule has 0 amide bonds. The lowest BCUT2D eigenvalue weighted by Crippen LogP contribution is -2.24. The van der Waals surface area contributed by atoms with Crippen molar-refractivity contribution in [2.24, 2.45) is 0 Å². The molecule has 2 rings (SSSR count). The Morgan fingerprint density at radius 3 is 2.46 bits per heavy atom. The molecule has 0 heterocycles. The summed E-state index contributed by atoms with van der Waals surface area (Å²) in [5.41, 5.74) is -0.00241. The van der Waals surface area contributed by atoms with Gasteiger partial charge in [0.15, 0.2) is 0 Å². The molecule has 2 aromatic rings. The highest BCUT2D eigenvalue weighted by Crippen LogP contribution is 2.39. The van der Waals surface area contributed by atoms with Gasteiger partial charge in [-0.3, -0.25) is 0 Å². The minimum absolute atomic E-state index is 0.0230. The fourth-order valence-electron chi connectivity index (χ4n) is 2.59. The standard InChI is InChI=1S/C19H20F3NO3/c1-13-14(7-8-16(24)17(13)19(20,21)22)9-10-23-11-12-26-18(25)15-5-3-2-4-6-15/h2-8,23-24H,9-12H2,1H3. The zero-order chi connectivity index (χ0) is 19.2. The van der Waals surface area contributed by atoms with Crippen molar-refractivity contribution in [2.45, 2.75) is 19.5 Å². The van der Waals surface area contributed by atoms with Crippen molar-refractivity contribution in [3.05, 3.63) is 64.7 Å². The molecule has 4 nitrogen and oxygen atoms in total. The predicted octanol–water partition coefficient (Wildman–Crippen LogP) is 3.71. The summed E-state index contributed by atoms with van der Waals surface area (Å²) in [7, 11) is 0. The number of esters is 1. The van der Waals surface area contributed by atoms with Crippen molar-refractivity contribution in [3.63, 3.8) is 0 Å². The van der Waals surface area contributed by atoms with Crippen molar-refractivity contribution in [1.82, 2.24) is 5.32 Å². The van der Waals surface area contributed by atoms with Crippen LogP contribution in [0.4, 0.5) is 13.2 Å². The van der Waals surface area contributed by atoms with Gasteiger partial charge in [0.1, 0.15) is 17.9 Å². The topological polar surface area (TPSA) is 58.6 Å². The SMILES string of the molecule is Cc1c(CCNCCOC(=O)c2ccccc2)ccc(O)c1C(F)(F)F. The summed E-state index contributed by atoms with van der Waals surface area (Å²) in [5.74, 6) is -1.18. The van der Waals surface area contributed by atoms with Gasteiger partial charge in [0.25, 0.3) is 0 Å². The van der Waals surface area contributed by atoms with Gasteiger partial charge in [-0.2, -0.15) is 13.2 Å². The van der Waals surface area contributed by atoms with Gasteiger partial charge in [-0.25, -0.2) is 4.79 Å². The van der Waals surface area contributed by atoms with Crippen LogP contribution in [0.2, 0.25) is 0 Å². The number of rotatable bonds is 7. The number of phenols is 1. The molecule has 0 spiro atoms. The molecule has 26 heavy (non-hydrogen) atoms. The number of halogens is 3. The summed E-state index contributed by atoms with van der Waals surface area (Å²) >= 11 is 0. The molecule has 0 aromatic heterocycles. The van der Waals surface area contributed by atoms with Gasteiger partial charge in [0, 0.05) is 6.54 Å². The first-order valence-electron chi connectivity index (χ1n) is 8.12. The van der Waals surface area contributed by atoms with E-state index in [-0.39, 0.29) is 12.2 Å². The van der Waals surface area contributed by atoms with E-state index in [0.29, 0.717) is 30.6 Å². The molecule has 0 aliphatic heterocycles. The summed E-state index contributed by atoms with van der Waals surface area (Å²) in [6.45, 7) is 2.32. The molecule has 2 aromatic carbocycles. The van der Waals surface area contributed by atoms with E-state index in [1.54, 1.807) is 30.3 Å². The Balaban J connectivity index is 1.78. The summed E-state index contributed by atoms with van der Waals surface area (Å²) < 4.78 is 44.0.